The zero-order valence-electron chi connectivity index (χ0n) is 14.6. The molecule has 0 radical (unpaired) electrons. The summed E-state index contributed by atoms with van der Waals surface area (Å²) in [6.07, 6.45) is 5.63. The Bertz CT molecular complexity index is 836. The van der Waals surface area contributed by atoms with Crippen LogP contribution in [0, 0.1) is 21.4 Å². The van der Waals surface area contributed by atoms with Crippen molar-refractivity contribution in [1.82, 2.24) is 15.1 Å². The molecule has 3 rings (SSSR count). The minimum Gasteiger partial charge on any atom is -0.486 e. The summed E-state index contributed by atoms with van der Waals surface area (Å²) < 4.78 is 7.55. The van der Waals surface area contributed by atoms with Gasteiger partial charge in [-0.3, -0.25) is 14.8 Å². The van der Waals surface area contributed by atoms with Gasteiger partial charge >= 0.3 is 5.69 Å². The molecule has 2 aromatic rings. The molecule has 0 spiro atoms. The number of ether oxygens (including phenoxy) is 1. The number of hydrogen-bond donors (Lipinski definition) is 1. The van der Waals surface area contributed by atoms with Crippen molar-refractivity contribution in [1.29, 1.82) is 5.26 Å². The van der Waals surface area contributed by atoms with Gasteiger partial charge in [-0.15, -0.1) is 0 Å². The molecule has 0 saturated carbocycles. The van der Waals surface area contributed by atoms with Crippen molar-refractivity contribution in [2.75, 3.05) is 19.7 Å². The third kappa shape index (κ3) is 3.26. The van der Waals surface area contributed by atoms with Crippen molar-refractivity contribution < 1.29 is 9.66 Å². The average molecular weight is 355 g/mol. The number of nitrogens with zero attached hydrogens (tertiary/aromatic N) is 4. The van der Waals surface area contributed by atoms with E-state index in [1.807, 2.05) is 13.1 Å². The Balaban J connectivity index is 1.97. The summed E-state index contributed by atoms with van der Waals surface area (Å²) >= 11 is 0. The number of rotatable bonds is 8. The second kappa shape index (κ2) is 7.54. The maximum absolute atomic E-state index is 11.4. The summed E-state index contributed by atoms with van der Waals surface area (Å²) in [6, 6.07) is 7.10. The Labute approximate surface area is 151 Å². The SMILES string of the molecule is CCCCOc1c(-c2cnn(C3(CC#N)CNC3)c2)cccc1[N+](=O)[O-]. The van der Waals surface area contributed by atoms with Crippen molar-refractivity contribution in [2.24, 2.45) is 0 Å². The van der Waals surface area contributed by atoms with E-state index in [0.717, 1.165) is 18.4 Å². The van der Waals surface area contributed by atoms with Crippen LogP contribution in [0.15, 0.2) is 30.6 Å². The summed E-state index contributed by atoms with van der Waals surface area (Å²) in [5.74, 6) is 0.270. The highest BCUT2D eigenvalue weighted by molar-refractivity contribution is 5.74. The molecule has 0 atom stereocenters. The van der Waals surface area contributed by atoms with E-state index < -0.39 is 4.92 Å². The van der Waals surface area contributed by atoms with Crippen LogP contribution in [0.25, 0.3) is 11.1 Å². The maximum atomic E-state index is 11.4. The molecule has 1 aliphatic rings. The van der Waals surface area contributed by atoms with Gasteiger partial charge in [0.1, 0.15) is 5.54 Å². The van der Waals surface area contributed by atoms with Gasteiger partial charge in [0.2, 0.25) is 5.75 Å². The molecule has 0 bridgehead atoms. The van der Waals surface area contributed by atoms with E-state index in [9.17, 15) is 10.1 Å². The van der Waals surface area contributed by atoms with Gasteiger partial charge in [-0.05, 0) is 6.42 Å². The molecule has 1 N–H and O–H groups in total. The molecular formula is C18H21N5O3. The van der Waals surface area contributed by atoms with Crippen LogP contribution >= 0.6 is 0 Å². The first-order valence-corrected chi connectivity index (χ1v) is 8.64. The standard InChI is InChI=1S/C18H21N5O3/c1-2-3-9-26-17-15(5-4-6-16(17)23(24)25)14-10-21-22(11-14)18(7-8-19)12-20-13-18/h4-6,10-11,20H,2-3,7,9,12-13H2,1H3. The molecule has 2 heterocycles. The third-order valence-electron chi connectivity index (χ3n) is 4.63. The van der Waals surface area contributed by atoms with Gasteiger partial charge in [0.05, 0.1) is 30.2 Å². The Morgan fingerprint density at radius 1 is 1.50 bits per heavy atom. The normalized spacial score (nSPS) is 15.1. The van der Waals surface area contributed by atoms with Gasteiger partial charge < -0.3 is 10.1 Å². The Morgan fingerprint density at radius 3 is 2.92 bits per heavy atom. The molecule has 8 nitrogen and oxygen atoms in total. The van der Waals surface area contributed by atoms with Crippen molar-refractivity contribution in [2.45, 2.75) is 31.7 Å². The first-order chi connectivity index (χ1) is 12.6. The lowest BCUT2D eigenvalue weighted by atomic mass is 9.89. The zero-order chi connectivity index (χ0) is 18.6. The number of hydrogen-bond acceptors (Lipinski definition) is 6. The molecule has 8 heteroatoms. The quantitative estimate of drug-likeness (QED) is 0.443. The summed E-state index contributed by atoms with van der Waals surface area (Å²) in [5.41, 5.74) is 0.977. The minimum atomic E-state index is -0.428. The van der Waals surface area contributed by atoms with E-state index in [2.05, 4.69) is 16.5 Å². The van der Waals surface area contributed by atoms with E-state index in [0.29, 0.717) is 31.7 Å². The van der Waals surface area contributed by atoms with Crippen LogP contribution in [0.1, 0.15) is 26.2 Å². The molecule has 1 saturated heterocycles. The monoisotopic (exact) mass is 355 g/mol. The number of unbranched alkanes of at least 4 members (excludes halogenated alkanes) is 1. The number of nitrogens with one attached hydrogen (secondary N) is 1. The number of nitro benzene ring substituents is 1. The number of aromatic nitrogens is 2. The first-order valence-electron chi connectivity index (χ1n) is 8.64. The van der Waals surface area contributed by atoms with E-state index in [-0.39, 0.29) is 17.0 Å². The van der Waals surface area contributed by atoms with Crippen molar-refractivity contribution in [3.05, 3.63) is 40.7 Å². The van der Waals surface area contributed by atoms with E-state index in [1.165, 1.54) is 6.07 Å². The smallest absolute Gasteiger partial charge is 0.311 e. The van der Waals surface area contributed by atoms with Gasteiger partial charge in [-0.25, -0.2) is 0 Å². The number of nitriles is 1. The van der Waals surface area contributed by atoms with Crippen LogP contribution in [0.3, 0.4) is 0 Å². The van der Waals surface area contributed by atoms with Crippen molar-refractivity contribution in [3.8, 4) is 22.9 Å². The van der Waals surface area contributed by atoms with Gasteiger partial charge in [-0.2, -0.15) is 10.4 Å². The minimum absolute atomic E-state index is 0.0524. The summed E-state index contributed by atoms with van der Waals surface area (Å²) in [5, 5.41) is 28.1. The van der Waals surface area contributed by atoms with Gasteiger partial charge in [0, 0.05) is 36.5 Å². The third-order valence-corrected chi connectivity index (χ3v) is 4.63. The van der Waals surface area contributed by atoms with Crippen LogP contribution < -0.4 is 10.1 Å². The fourth-order valence-corrected chi connectivity index (χ4v) is 3.02. The largest absolute Gasteiger partial charge is 0.486 e. The average Bonchev–Trinajstić information content (AvgIpc) is 3.08. The summed E-state index contributed by atoms with van der Waals surface area (Å²) in [6.45, 7) is 3.81. The second-order valence-electron chi connectivity index (χ2n) is 6.45. The Kier molecular flexibility index (Phi) is 5.19. The van der Waals surface area contributed by atoms with Crippen LogP contribution in [0.4, 0.5) is 5.69 Å². The molecule has 0 unspecified atom stereocenters. The van der Waals surface area contributed by atoms with Crippen LogP contribution in [0.2, 0.25) is 0 Å². The van der Waals surface area contributed by atoms with Crippen LogP contribution in [0.5, 0.6) is 5.75 Å². The van der Waals surface area contributed by atoms with Crippen LogP contribution in [-0.4, -0.2) is 34.4 Å². The van der Waals surface area contributed by atoms with Gasteiger partial charge in [0.15, 0.2) is 0 Å². The first kappa shape index (κ1) is 17.9. The van der Waals surface area contributed by atoms with Gasteiger partial charge in [-0.1, -0.05) is 25.5 Å². The van der Waals surface area contributed by atoms with E-state index in [1.54, 1.807) is 23.0 Å². The lowest BCUT2D eigenvalue weighted by Gasteiger charge is -2.41. The molecule has 26 heavy (non-hydrogen) atoms. The molecule has 136 valence electrons. The predicted molar refractivity (Wildman–Crippen MR) is 95.8 cm³/mol. The maximum Gasteiger partial charge on any atom is 0.311 e. The fraction of sp³-hybridized carbons (Fsp3) is 0.444. The lowest BCUT2D eigenvalue weighted by molar-refractivity contribution is -0.385. The number of nitro groups is 1. The Hall–Kier alpha value is -2.92. The molecular weight excluding hydrogens is 334 g/mol. The van der Waals surface area contributed by atoms with Gasteiger partial charge in [0.25, 0.3) is 0 Å². The van der Waals surface area contributed by atoms with Crippen molar-refractivity contribution in [3.63, 3.8) is 0 Å². The molecule has 0 amide bonds. The Morgan fingerprint density at radius 2 is 2.31 bits per heavy atom. The van der Waals surface area contributed by atoms with Crippen molar-refractivity contribution >= 4 is 5.69 Å². The highest BCUT2D eigenvalue weighted by Gasteiger charge is 2.39. The zero-order valence-corrected chi connectivity index (χ0v) is 14.6. The second-order valence-corrected chi connectivity index (χ2v) is 6.45. The predicted octanol–water partition coefficient (Wildman–Crippen LogP) is 2.85. The van der Waals surface area contributed by atoms with E-state index in [4.69, 9.17) is 10.00 Å². The fourth-order valence-electron chi connectivity index (χ4n) is 3.02. The molecule has 0 aliphatic carbocycles. The van der Waals surface area contributed by atoms with Crippen LogP contribution in [-0.2, 0) is 5.54 Å². The highest BCUT2D eigenvalue weighted by Crippen LogP contribution is 2.38. The highest BCUT2D eigenvalue weighted by atomic mass is 16.6. The molecule has 1 aromatic carbocycles. The number of para-hydroxylation sites is 1. The lowest BCUT2D eigenvalue weighted by Crippen LogP contribution is -2.60. The summed E-state index contributed by atoms with van der Waals surface area (Å²) in [4.78, 5) is 11.0. The topological polar surface area (TPSA) is 106 Å². The van der Waals surface area contributed by atoms with E-state index >= 15 is 0 Å². The number of benzene rings is 1. The molecule has 1 aromatic heterocycles. The summed E-state index contributed by atoms with van der Waals surface area (Å²) in [7, 11) is 0. The molecule has 1 fully saturated rings. The molecule has 1 aliphatic heterocycles.